The summed E-state index contributed by atoms with van der Waals surface area (Å²) in [5.74, 6) is 0.779. The molecule has 0 bridgehead atoms. The van der Waals surface area contributed by atoms with Crippen molar-refractivity contribution in [1.29, 1.82) is 0 Å². The van der Waals surface area contributed by atoms with Crippen LogP contribution >= 0.6 is 27.5 Å². The van der Waals surface area contributed by atoms with Gasteiger partial charge in [0.15, 0.2) is 0 Å². The molecule has 1 fully saturated rings. The highest BCUT2D eigenvalue weighted by Crippen LogP contribution is 2.38. The highest BCUT2D eigenvalue weighted by Gasteiger charge is 2.26. The summed E-state index contributed by atoms with van der Waals surface area (Å²) in [6.45, 7) is 0.848. The molecule has 0 spiro atoms. The summed E-state index contributed by atoms with van der Waals surface area (Å²) in [6.07, 6.45) is 2.43. The van der Waals surface area contributed by atoms with E-state index >= 15 is 0 Å². The molecule has 1 saturated heterocycles. The molecule has 1 aliphatic heterocycles. The minimum absolute atomic E-state index is 0.161. The van der Waals surface area contributed by atoms with Crippen LogP contribution in [0.3, 0.4) is 0 Å². The molecule has 0 saturated carbocycles. The minimum Gasteiger partial charge on any atom is -0.497 e. The monoisotopic (exact) mass is 304 g/mol. The van der Waals surface area contributed by atoms with E-state index in [1.807, 2.05) is 18.2 Å². The van der Waals surface area contributed by atoms with E-state index in [0.717, 1.165) is 35.8 Å². The number of hydrogen-bond acceptors (Lipinski definition) is 2. The normalized spacial score (nSPS) is 22.1. The molecule has 0 aromatic heterocycles. The van der Waals surface area contributed by atoms with Crippen molar-refractivity contribution in [1.82, 2.24) is 0 Å². The Hall–Kier alpha value is -0.250. The molecule has 1 aliphatic rings. The van der Waals surface area contributed by atoms with Crippen LogP contribution < -0.4 is 4.74 Å². The van der Waals surface area contributed by atoms with Crippen LogP contribution in [0.1, 0.15) is 23.2 Å². The van der Waals surface area contributed by atoms with E-state index in [0.29, 0.717) is 0 Å². The molecule has 2 rings (SSSR count). The van der Waals surface area contributed by atoms with Gasteiger partial charge in [-0.2, -0.15) is 0 Å². The van der Waals surface area contributed by atoms with Gasteiger partial charge in [-0.05, 0) is 30.5 Å². The first-order valence-electron chi connectivity index (χ1n) is 5.31. The molecule has 0 N–H and O–H groups in total. The van der Waals surface area contributed by atoms with Crippen LogP contribution in [-0.2, 0) is 4.74 Å². The molecule has 2 unspecified atom stereocenters. The largest absolute Gasteiger partial charge is 0.497 e. The zero-order valence-electron chi connectivity index (χ0n) is 9.08. The number of ether oxygens (including phenoxy) is 2. The lowest BCUT2D eigenvalue weighted by molar-refractivity contribution is 0.110. The number of methoxy groups -OCH3 is 1. The van der Waals surface area contributed by atoms with Crippen LogP contribution in [0.2, 0.25) is 5.02 Å². The predicted molar refractivity (Wildman–Crippen MR) is 68.6 cm³/mol. The lowest BCUT2D eigenvalue weighted by atomic mass is 10.1. The van der Waals surface area contributed by atoms with Gasteiger partial charge in [0.1, 0.15) is 5.75 Å². The third-order valence-electron chi connectivity index (χ3n) is 2.80. The third kappa shape index (κ3) is 2.53. The van der Waals surface area contributed by atoms with E-state index in [-0.39, 0.29) is 10.9 Å². The first-order chi connectivity index (χ1) is 7.72. The van der Waals surface area contributed by atoms with Gasteiger partial charge in [-0.25, -0.2) is 0 Å². The van der Waals surface area contributed by atoms with E-state index in [9.17, 15) is 0 Å². The van der Waals surface area contributed by atoms with E-state index in [1.165, 1.54) is 0 Å². The molecule has 0 amide bonds. The van der Waals surface area contributed by atoms with Crippen molar-refractivity contribution in [2.45, 2.75) is 23.8 Å². The Labute approximate surface area is 109 Å². The summed E-state index contributed by atoms with van der Waals surface area (Å²) in [5.41, 5.74) is 1.06. The average Bonchev–Trinajstić information content (AvgIpc) is 2.81. The highest BCUT2D eigenvalue weighted by atomic mass is 79.9. The average molecular weight is 306 g/mol. The van der Waals surface area contributed by atoms with Crippen molar-refractivity contribution in [2.24, 2.45) is 0 Å². The first-order valence-corrected chi connectivity index (χ1v) is 6.61. The molecule has 1 aromatic carbocycles. The maximum atomic E-state index is 6.22. The highest BCUT2D eigenvalue weighted by molar-refractivity contribution is 9.09. The Kier molecular flexibility index (Phi) is 4.11. The Morgan fingerprint density at radius 3 is 2.94 bits per heavy atom. The van der Waals surface area contributed by atoms with Gasteiger partial charge in [0.25, 0.3) is 0 Å². The van der Waals surface area contributed by atoms with Crippen molar-refractivity contribution in [3.63, 3.8) is 0 Å². The molecular weight excluding hydrogens is 291 g/mol. The van der Waals surface area contributed by atoms with Crippen molar-refractivity contribution in [3.05, 3.63) is 28.8 Å². The van der Waals surface area contributed by atoms with Gasteiger partial charge in [-0.1, -0.05) is 33.6 Å². The van der Waals surface area contributed by atoms with Gasteiger partial charge >= 0.3 is 0 Å². The smallest absolute Gasteiger partial charge is 0.120 e. The Morgan fingerprint density at radius 2 is 2.38 bits per heavy atom. The third-order valence-corrected chi connectivity index (χ3v) is 4.21. The standard InChI is InChI=1S/C12H14BrClO2/c1-15-8-4-5-9(10(14)7-8)12(13)11-3-2-6-16-11/h4-5,7,11-12H,2-3,6H2,1H3. The molecule has 88 valence electrons. The van der Waals surface area contributed by atoms with Crippen molar-refractivity contribution < 1.29 is 9.47 Å². The molecule has 1 aromatic rings. The molecular formula is C12H14BrClO2. The molecule has 2 atom stereocenters. The topological polar surface area (TPSA) is 18.5 Å². The van der Waals surface area contributed by atoms with Crippen LogP contribution in [0.4, 0.5) is 0 Å². The van der Waals surface area contributed by atoms with E-state index in [2.05, 4.69) is 15.9 Å². The summed E-state index contributed by atoms with van der Waals surface area (Å²) < 4.78 is 10.8. The second-order valence-electron chi connectivity index (χ2n) is 3.84. The fourth-order valence-electron chi connectivity index (χ4n) is 1.89. The van der Waals surface area contributed by atoms with Crippen LogP contribution in [0.15, 0.2) is 18.2 Å². The van der Waals surface area contributed by atoms with Crippen molar-refractivity contribution in [2.75, 3.05) is 13.7 Å². The van der Waals surface area contributed by atoms with Crippen molar-refractivity contribution >= 4 is 27.5 Å². The van der Waals surface area contributed by atoms with Crippen LogP contribution in [-0.4, -0.2) is 19.8 Å². The summed E-state index contributed by atoms with van der Waals surface area (Å²) in [6, 6.07) is 5.74. The summed E-state index contributed by atoms with van der Waals surface area (Å²) >= 11 is 9.88. The molecule has 16 heavy (non-hydrogen) atoms. The molecule has 0 radical (unpaired) electrons. The maximum absolute atomic E-state index is 6.22. The van der Waals surface area contributed by atoms with Gasteiger partial charge in [0.05, 0.1) is 18.0 Å². The zero-order chi connectivity index (χ0) is 11.5. The number of hydrogen-bond donors (Lipinski definition) is 0. The van der Waals surface area contributed by atoms with Gasteiger partial charge in [-0.15, -0.1) is 0 Å². The Balaban J connectivity index is 2.19. The molecule has 1 heterocycles. The van der Waals surface area contributed by atoms with Gasteiger partial charge in [0, 0.05) is 11.6 Å². The van der Waals surface area contributed by atoms with Gasteiger partial charge in [-0.3, -0.25) is 0 Å². The fraction of sp³-hybridized carbons (Fsp3) is 0.500. The second kappa shape index (κ2) is 5.39. The quantitative estimate of drug-likeness (QED) is 0.787. The summed E-state index contributed by atoms with van der Waals surface area (Å²) in [5, 5.41) is 0.719. The number of halogens is 2. The van der Waals surface area contributed by atoms with Crippen LogP contribution in [0.25, 0.3) is 0 Å². The molecule has 0 aliphatic carbocycles. The van der Waals surface area contributed by atoms with E-state index in [1.54, 1.807) is 7.11 Å². The second-order valence-corrected chi connectivity index (χ2v) is 5.23. The van der Waals surface area contributed by atoms with E-state index < -0.39 is 0 Å². The fourth-order valence-corrected chi connectivity index (χ4v) is 3.13. The van der Waals surface area contributed by atoms with E-state index in [4.69, 9.17) is 21.1 Å². The Bertz CT molecular complexity index is 364. The number of alkyl halides is 1. The number of benzene rings is 1. The Morgan fingerprint density at radius 1 is 1.56 bits per heavy atom. The molecule has 4 heteroatoms. The summed E-state index contributed by atoms with van der Waals surface area (Å²) in [7, 11) is 1.64. The lowest BCUT2D eigenvalue weighted by Crippen LogP contribution is -2.12. The molecule has 2 nitrogen and oxygen atoms in total. The van der Waals surface area contributed by atoms with Crippen LogP contribution in [0, 0.1) is 0 Å². The predicted octanol–water partition coefficient (Wildman–Crippen LogP) is 3.96. The number of rotatable bonds is 3. The lowest BCUT2D eigenvalue weighted by Gasteiger charge is -2.18. The maximum Gasteiger partial charge on any atom is 0.120 e. The summed E-state index contributed by atoms with van der Waals surface area (Å²) in [4.78, 5) is 0.161. The first kappa shape index (κ1) is 12.2. The van der Waals surface area contributed by atoms with Crippen molar-refractivity contribution in [3.8, 4) is 5.75 Å². The minimum atomic E-state index is 0.161. The zero-order valence-corrected chi connectivity index (χ0v) is 11.4. The van der Waals surface area contributed by atoms with Gasteiger partial charge in [0.2, 0.25) is 0 Å². The SMILES string of the molecule is COc1ccc(C(Br)C2CCCO2)c(Cl)c1. The van der Waals surface area contributed by atoms with Crippen LogP contribution in [0.5, 0.6) is 5.75 Å². The van der Waals surface area contributed by atoms with Gasteiger partial charge < -0.3 is 9.47 Å².